The van der Waals surface area contributed by atoms with Crippen molar-refractivity contribution in [1.29, 1.82) is 0 Å². The first-order valence-electron chi connectivity index (χ1n) is 6.14. The van der Waals surface area contributed by atoms with Crippen LogP contribution in [0.5, 0.6) is 0 Å². The summed E-state index contributed by atoms with van der Waals surface area (Å²) in [6.45, 7) is 2.09. The van der Waals surface area contributed by atoms with E-state index in [4.69, 9.17) is 9.84 Å². The summed E-state index contributed by atoms with van der Waals surface area (Å²) in [6, 6.07) is 3.92. The van der Waals surface area contributed by atoms with Crippen LogP contribution in [-0.4, -0.2) is 47.8 Å². The Labute approximate surface area is 115 Å². The number of hydrogen-bond acceptors (Lipinski definition) is 3. The predicted octanol–water partition coefficient (Wildman–Crippen LogP) is 1.45. The van der Waals surface area contributed by atoms with Gasteiger partial charge in [0.2, 0.25) is 0 Å². The highest BCUT2D eigenvalue weighted by Crippen LogP contribution is 2.16. The molecule has 0 saturated carbocycles. The topological polar surface area (TPSA) is 78.9 Å². The van der Waals surface area contributed by atoms with Crippen molar-refractivity contribution >= 4 is 17.7 Å². The number of carboxylic acids is 1. The van der Waals surface area contributed by atoms with Crippen LogP contribution in [0.4, 0.5) is 14.9 Å². The van der Waals surface area contributed by atoms with Gasteiger partial charge in [-0.25, -0.2) is 14.0 Å². The van der Waals surface area contributed by atoms with Gasteiger partial charge in [-0.3, -0.25) is 0 Å². The Hall–Kier alpha value is -2.15. The maximum atomic E-state index is 13.6. The molecular weight excluding hydrogens is 267 g/mol. The van der Waals surface area contributed by atoms with Crippen molar-refractivity contribution in [2.24, 2.45) is 0 Å². The molecule has 1 saturated heterocycles. The average molecular weight is 282 g/mol. The second-order valence-corrected chi connectivity index (χ2v) is 4.56. The van der Waals surface area contributed by atoms with Gasteiger partial charge in [0.05, 0.1) is 18.8 Å². The lowest BCUT2D eigenvalue weighted by Crippen LogP contribution is -2.50. The summed E-state index contributed by atoms with van der Waals surface area (Å²) in [5.41, 5.74) is 0.816. The fourth-order valence-corrected chi connectivity index (χ4v) is 1.90. The normalized spacial score (nSPS) is 18.7. The van der Waals surface area contributed by atoms with Gasteiger partial charge in [-0.1, -0.05) is 6.07 Å². The zero-order chi connectivity index (χ0) is 14.7. The van der Waals surface area contributed by atoms with E-state index in [1.54, 1.807) is 13.0 Å². The van der Waals surface area contributed by atoms with Crippen molar-refractivity contribution in [2.75, 3.05) is 25.0 Å². The maximum absolute atomic E-state index is 13.6. The molecule has 1 atom stereocenters. The number of carbonyl (C=O) groups is 2. The van der Waals surface area contributed by atoms with E-state index in [-0.39, 0.29) is 25.4 Å². The van der Waals surface area contributed by atoms with Gasteiger partial charge in [0.15, 0.2) is 6.10 Å². The van der Waals surface area contributed by atoms with Gasteiger partial charge >= 0.3 is 12.0 Å². The van der Waals surface area contributed by atoms with E-state index in [0.29, 0.717) is 0 Å². The first kappa shape index (κ1) is 14.3. The molecule has 2 amide bonds. The average Bonchev–Trinajstić information content (AvgIpc) is 2.42. The Morgan fingerprint density at radius 1 is 1.50 bits per heavy atom. The van der Waals surface area contributed by atoms with Gasteiger partial charge in [-0.2, -0.15) is 0 Å². The van der Waals surface area contributed by atoms with Crippen LogP contribution >= 0.6 is 0 Å². The summed E-state index contributed by atoms with van der Waals surface area (Å²) in [5, 5.41) is 11.3. The predicted molar refractivity (Wildman–Crippen MR) is 69.1 cm³/mol. The molecule has 1 aliphatic heterocycles. The summed E-state index contributed by atoms with van der Waals surface area (Å²) < 4.78 is 18.6. The van der Waals surface area contributed by atoms with E-state index < -0.39 is 23.9 Å². The fourth-order valence-electron chi connectivity index (χ4n) is 1.90. The second-order valence-electron chi connectivity index (χ2n) is 4.56. The number of urea groups is 1. The number of amides is 2. The molecule has 0 aliphatic carbocycles. The monoisotopic (exact) mass is 282 g/mol. The molecular formula is C13H15FN2O4. The second kappa shape index (κ2) is 5.87. The summed E-state index contributed by atoms with van der Waals surface area (Å²) in [5.74, 6) is -1.65. The number of morpholine rings is 1. The summed E-state index contributed by atoms with van der Waals surface area (Å²) in [4.78, 5) is 24.1. The molecule has 108 valence electrons. The van der Waals surface area contributed by atoms with E-state index in [2.05, 4.69) is 5.32 Å². The number of aliphatic carboxylic acids is 1. The number of ether oxygens (including phenoxy) is 1. The summed E-state index contributed by atoms with van der Waals surface area (Å²) >= 11 is 0. The Morgan fingerprint density at radius 2 is 2.25 bits per heavy atom. The highest BCUT2D eigenvalue weighted by atomic mass is 19.1. The maximum Gasteiger partial charge on any atom is 0.334 e. The van der Waals surface area contributed by atoms with Crippen LogP contribution in [0, 0.1) is 12.7 Å². The Morgan fingerprint density at radius 3 is 2.90 bits per heavy atom. The van der Waals surface area contributed by atoms with E-state index in [0.717, 1.165) is 5.56 Å². The minimum Gasteiger partial charge on any atom is -0.479 e. The molecule has 7 heteroatoms. The molecule has 1 aliphatic rings. The molecule has 2 N–H and O–H groups in total. The highest BCUT2D eigenvalue weighted by molar-refractivity contribution is 5.90. The first-order valence-corrected chi connectivity index (χ1v) is 6.14. The van der Waals surface area contributed by atoms with Crippen LogP contribution in [-0.2, 0) is 9.53 Å². The lowest BCUT2D eigenvalue weighted by atomic mass is 10.2. The third-order valence-corrected chi connectivity index (χ3v) is 3.00. The summed E-state index contributed by atoms with van der Waals surface area (Å²) in [6.07, 6.45) is -1.04. The fraction of sp³-hybridized carbons (Fsp3) is 0.385. The zero-order valence-electron chi connectivity index (χ0n) is 10.9. The molecule has 0 aromatic heterocycles. The SMILES string of the molecule is Cc1ccc(NC(=O)N2CCOC(C(=O)O)C2)c(F)c1. The number of benzene rings is 1. The largest absolute Gasteiger partial charge is 0.479 e. The molecule has 0 radical (unpaired) electrons. The van der Waals surface area contributed by atoms with Crippen molar-refractivity contribution < 1.29 is 23.8 Å². The van der Waals surface area contributed by atoms with Crippen molar-refractivity contribution in [3.63, 3.8) is 0 Å². The molecule has 6 nitrogen and oxygen atoms in total. The molecule has 1 aromatic rings. The van der Waals surface area contributed by atoms with Gasteiger partial charge in [0.1, 0.15) is 5.82 Å². The minimum atomic E-state index is -1.12. The van der Waals surface area contributed by atoms with Crippen molar-refractivity contribution in [3.8, 4) is 0 Å². The van der Waals surface area contributed by atoms with Crippen LogP contribution in [0.2, 0.25) is 0 Å². The van der Waals surface area contributed by atoms with Crippen molar-refractivity contribution in [1.82, 2.24) is 4.90 Å². The van der Waals surface area contributed by atoms with Gasteiger partial charge in [-0.15, -0.1) is 0 Å². The molecule has 0 bridgehead atoms. The molecule has 20 heavy (non-hydrogen) atoms. The first-order chi connectivity index (χ1) is 9.47. The molecule has 0 spiro atoms. The number of anilines is 1. The van der Waals surface area contributed by atoms with Crippen molar-refractivity contribution in [3.05, 3.63) is 29.6 Å². The molecule has 1 unspecified atom stereocenters. The number of nitrogens with one attached hydrogen (secondary N) is 1. The van der Waals surface area contributed by atoms with Crippen LogP contribution in [0.15, 0.2) is 18.2 Å². The van der Waals surface area contributed by atoms with Gasteiger partial charge in [0, 0.05) is 6.54 Å². The quantitative estimate of drug-likeness (QED) is 0.860. The van der Waals surface area contributed by atoms with E-state index in [1.807, 2.05) is 0 Å². The van der Waals surface area contributed by atoms with E-state index in [1.165, 1.54) is 17.0 Å². The number of carboxylic acid groups (broad SMARTS) is 1. The third kappa shape index (κ3) is 3.24. The standard InChI is InChI=1S/C13H15FN2O4/c1-8-2-3-10(9(14)6-8)15-13(19)16-4-5-20-11(7-16)12(17)18/h2-3,6,11H,4-5,7H2,1H3,(H,15,19)(H,17,18). The molecule has 1 heterocycles. The number of carbonyl (C=O) groups excluding carboxylic acids is 1. The van der Waals surface area contributed by atoms with Crippen LogP contribution in [0.1, 0.15) is 5.56 Å². The van der Waals surface area contributed by atoms with Gasteiger partial charge < -0.3 is 20.1 Å². The van der Waals surface area contributed by atoms with Gasteiger partial charge in [-0.05, 0) is 24.6 Å². The number of halogens is 1. The third-order valence-electron chi connectivity index (χ3n) is 3.00. The number of nitrogens with zero attached hydrogens (tertiary/aromatic N) is 1. The summed E-state index contributed by atoms with van der Waals surface area (Å²) in [7, 11) is 0. The highest BCUT2D eigenvalue weighted by Gasteiger charge is 2.29. The Balaban J connectivity index is 2.02. The van der Waals surface area contributed by atoms with Gasteiger partial charge in [0.25, 0.3) is 0 Å². The number of aryl methyl sites for hydroxylation is 1. The van der Waals surface area contributed by atoms with E-state index >= 15 is 0 Å². The Kier molecular flexibility index (Phi) is 4.19. The molecule has 1 aromatic carbocycles. The lowest BCUT2D eigenvalue weighted by molar-refractivity contribution is -0.154. The lowest BCUT2D eigenvalue weighted by Gasteiger charge is -2.30. The van der Waals surface area contributed by atoms with Crippen LogP contribution in [0.25, 0.3) is 0 Å². The van der Waals surface area contributed by atoms with Crippen molar-refractivity contribution in [2.45, 2.75) is 13.0 Å². The molecule has 1 fully saturated rings. The van der Waals surface area contributed by atoms with E-state index in [9.17, 15) is 14.0 Å². The minimum absolute atomic E-state index is 0.0609. The zero-order valence-corrected chi connectivity index (χ0v) is 10.9. The smallest absolute Gasteiger partial charge is 0.334 e. The van der Waals surface area contributed by atoms with Crippen LogP contribution in [0.3, 0.4) is 0 Å². The molecule has 2 rings (SSSR count). The van der Waals surface area contributed by atoms with Crippen LogP contribution < -0.4 is 5.32 Å². The number of hydrogen-bond donors (Lipinski definition) is 2. The number of rotatable bonds is 2. The Bertz CT molecular complexity index is 535.